The summed E-state index contributed by atoms with van der Waals surface area (Å²) in [6.45, 7) is 8.37. The Morgan fingerprint density at radius 1 is 1.40 bits per heavy atom. The minimum Gasteiger partial charge on any atom is -0.376 e. The van der Waals surface area contributed by atoms with Crippen LogP contribution in [0.3, 0.4) is 0 Å². The van der Waals surface area contributed by atoms with Crippen LogP contribution in [0.4, 0.5) is 5.95 Å². The van der Waals surface area contributed by atoms with E-state index in [9.17, 15) is 4.79 Å². The molecular formula is C16H25N5O4. The number of rotatable bonds is 6. The number of fused-ring (bicyclic) bond motifs is 1. The quantitative estimate of drug-likeness (QED) is 0.803. The Hall–Kier alpha value is -1.97. The summed E-state index contributed by atoms with van der Waals surface area (Å²) in [6, 6.07) is 0. The van der Waals surface area contributed by atoms with Gasteiger partial charge in [0, 0.05) is 6.42 Å². The Morgan fingerprint density at radius 2 is 2.16 bits per heavy atom. The van der Waals surface area contributed by atoms with Crippen molar-refractivity contribution < 1.29 is 14.2 Å². The lowest BCUT2D eigenvalue weighted by Crippen LogP contribution is -2.32. The molecule has 1 saturated heterocycles. The average Bonchev–Trinajstić information content (AvgIpc) is 3.08. The lowest BCUT2D eigenvalue weighted by molar-refractivity contribution is -0.0952. The third kappa shape index (κ3) is 3.83. The highest BCUT2D eigenvalue weighted by Gasteiger charge is 2.38. The van der Waals surface area contributed by atoms with Gasteiger partial charge in [0.25, 0.3) is 5.56 Å². The van der Waals surface area contributed by atoms with Gasteiger partial charge in [0.1, 0.15) is 12.3 Å². The van der Waals surface area contributed by atoms with Gasteiger partial charge in [-0.3, -0.25) is 14.3 Å². The predicted octanol–water partition coefficient (Wildman–Crippen LogP) is 1.21. The van der Waals surface area contributed by atoms with Crippen LogP contribution in [-0.4, -0.2) is 50.5 Å². The number of nitrogen functional groups attached to an aromatic ring is 1. The Kier molecular flexibility index (Phi) is 5.07. The number of nitrogens with zero attached hydrogens (tertiary/aromatic N) is 3. The van der Waals surface area contributed by atoms with Gasteiger partial charge in [-0.1, -0.05) is 0 Å². The molecule has 0 bridgehead atoms. The first-order chi connectivity index (χ1) is 11.8. The van der Waals surface area contributed by atoms with E-state index in [1.807, 2.05) is 27.7 Å². The maximum Gasteiger partial charge on any atom is 0.280 e. The zero-order chi connectivity index (χ0) is 18.1. The molecule has 2 aromatic heterocycles. The first-order valence-corrected chi connectivity index (χ1v) is 8.50. The van der Waals surface area contributed by atoms with Crippen molar-refractivity contribution in [1.82, 2.24) is 19.5 Å². The topological polar surface area (TPSA) is 117 Å². The summed E-state index contributed by atoms with van der Waals surface area (Å²) in [5.74, 6) is 0.0481. The second kappa shape index (κ2) is 7.11. The van der Waals surface area contributed by atoms with Crippen molar-refractivity contribution in [3.05, 3.63) is 16.7 Å². The third-order valence-corrected chi connectivity index (χ3v) is 3.98. The second-order valence-corrected chi connectivity index (χ2v) is 6.75. The number of imidazole rings is 1. The molecule has 3 heterocycles. The van der Waals surface area contributed by atoms with E-state index in [0.717, 1.165) is 0 Å². The molecule has 0 saturated carbocycles. The van der Waals surface area contributed by atoms with E-state index in [-0.39, 0.29) is 47.7 Å². The van der Waals surface area contributed by atoms with Crippen molar-refractivity contribution in [2.45, 2.75) is 64.8 Å². The second-order valence-electron chi connectivity index (χ2n) is 6.75. The monoisotopic (exact) mass is 351 g/mol. The standard InChI is InChI=1S/C16H25N5O4/c1-8(2)23-6-11-10(24-9(3)4)5-12(25-11)21-7-18-13-14(21)19-16(17)20-15(13)22/h7-12H,5-6H2,1-4H3,(H3,17,19,20,22)/t10?,11-,12-/m0/s1. The lowest BCUT2D eigenvalue weighted by Gasteiger charge is -2.21. The van der Waals surface area contributed by atoms with Gasteiger partial charge in [-0.15, -0.1) is 0 Å². The van der Waals surface area contributed by atoms with Crippen LogP contribution in [0.2, 0.25) is 0 Å². The molecular weight excluding hydrogens is 326 g/mol. The number of aromatic amines is 1. The third-order valence-electron chi connectivity index (χ3n) is 3.98. The molecule has 9 nitrogen and oxygen atoms in total. The van der Waals surface area contributed by atoms with Gasteiger partial charge in [0.05, 0.1) is 31.2 Å². The number of hydrogen-bond donors (Lipinski definition) is 2. The van der Waals surface area contributed by atoms with Crippen molar-refractivity contribution in [2.75, 3.05) is 12.3 Å². The molecule has 0 radical (unpaired) electrons. The van der Waals surface area contributed by atoms with E-state index < -0.39 is 0 Å². The molecule has 2 aromatic rings. The highest BCUT2D eigenvalue weighted by molar-refractivity contribution is 5.70. The first kappa shape index (κ1) is 17.8. The first-order valence-electron chi connectivity index (χ1n) is 8.50. The molecule has 1 aliphatic rings. The molecule has 0 spiro atoms. The van der Waals surface area contributed by atoms with Crippen molar-refractivity contribution >= 4 is 17.1 Å². The fourth-order valence-corrected chi connectivity index (χ4v) is 2.96. The number of H-pyrrole nitrogens is 1. The van der Waals surface area contributed by atoms with E-state index in [4.69, 9.17) is 19.9 Å². The van der Waals surface area contributed by atoms with Crippen LogP contribution in [0, 0.1) is 0 Å². The summed E-state index contributed by atoms with van der Waals surface area (Å²) in [5, 5.41) is 0. The molecule has 0 aromatic carbocycles. The average molecular weight is 351 g/mol. The minimum absolute atomic E-state index is 0.0481. The minimum atomic E-state index is -0.367. The number of nitrogens with two attached hydrogens (primary N) is 1. The van der Waals surface area contributed by atoms with Gasteiger partial charge >= 0.3 is 0 Å². The molecule has 0 amide bonds. The summed E-state index contributed by atoms with van der Waals surface area (Å²) in [7, 11) is 0. The highest BCUT2D eigenvalue weighted by Crippen LogP contribution is 2.33. The van der Waals surface area contributed by atoms with E-state index in [0.29, 0.717) is 18.7 Å². The van der Waals surface area contributed by atoms with Crippen molar-refractivity contribution in [3.63, 3.8) is 0 Å². The Labute approximate surface area is 145 Å². The van der Waals surface area contributed by atoms with Crippen LogP contribution in [0.25, 0.3) is 11.2 Å². The molecule has 25 heavy (non-hydrogen) atoms. The highest BCUT2D eigenvalue weighted by atomic mass is 16.6. The molecule has 3 atom stereocenters. The van der Waals surface area contributed by atoms with E-state index in [1.54, 1.807) is 10.9 Å². The van der Waals surface area contributed by atoms with Gasteiger partial charge in [0.2, 0.25) is 5.95 Å². The van der Waals surface area contributed by atoms with Crippen LogP contribution in [0.15, 0.2) is 11.1 Å². The normalized spacial score (nSPS) is 24.0. The molecule has 1 unspecified atom stereocenters. The van der Waals surface area contributed by atoms with E-state index in [1.165, 1.54) is 0 Å². The summed E-state index contributed by atoms with van der Waals surface area (Å²) in [5.41, 5.74) is 5.93. The largest absolute Gasteiger partial charge is 0.376 e. The molecule has 1 aliphatic heterocycles. The van der Waals surface area contributed by atoms with Crippen LogP contribution in [-0.2, 0) is 14.2 Å². The molecule has 3 rings (SSSR count). The van der Waals surface area contributed by atoms with Crippen LogP contribution in [0.1, 0.15) is 40.3 Å². The van der Waals surface area contributed by atoms with Crippen LogP contribution < -0.4 is 11.3 Å². The number of nitrogens with one attached hydrogen (secondary N) is 1. The number of anilines is 1. The smallest absolute Gasteiger partial charge is 0.280 e. The summed E-state index contributed by atoms with van der Waals surface area (Å²) in [6.07, 6.45) is 1.69. The van der Waals surface area contributed by atoms with Crippen LogP contribution in [0.5, 0.6) is 0 Å². The van der Waals surface area contributed by atoms with Crippen molar-refractivity contribution in [1.29, 1.82) is 0 Å². The summed E-state index contributed by atoms with van der Waals surface area (Å²) < 4.78 is 19.6. The fraction of sp³-hybridized carbons (Fsp3) is 0.688. The SMILES string of the molecule is CC(C)OC[C@@H]1O[C@H](n2cnc3c(=O)[nH]c(N)nc32)CC1OC(C)C. The zero-order valence-corrected chi connectivity index (χ0v) is 14.9. The Balaban J connectivity index is 1.86. The maximum atomic E-state index is 11.9. The van der Waals surface area contributed by atoms with Gasteiger partial charge in [-0.25, -0.2) is 4.98 Å². The number of aromatic nitrogens is 4. The summed E-state index contributed by atoms with van der Waals surface area (Å²) in [4.78, 5) is 22.7. The van der Waals surface area contributed by atoms with Gasteiger partial charge in [-0.2, -0.15) is 4.98 Å². The number of ether oxygens (including phenoxy) is 3. The predicted molar refractivity (Wildman–Crippen MR) is 92.2 cm³/mol. The summed E-state index contributed by atoms with van der Waals surface area (Å²) >= 11 is 0. The molecule has 9 heteroatoms. The maximum absolute atomic E-state index is 11.9. The van der Waals surface area contributed by atoms with Gasteiger partial charge in [-0.05, 0) is 27.7 Å². The van der Waals surface area contributed by atoms with Crippen molar-refractivity contribution in [3.8, 4) is 0 Å². The van der Waals surface area contributed by atoms with E-state index >= 15 is 0 Å². The fourth-order valence-electron chi connectivity index (χ4n) is 2.96. The Morgan fingerprint density at radius 3 is 2.84 bits per heavy atom. The Bertz CT molecular complexity index is 784. The molecule has 1 fully saturated rings. The van der Waals surface area contributed by atoms with Crippen LogP contribution >= 0.6 is 0 Å². The lowest BCUT2D eigenvalue weighted by atomic mass is 10.2. The molecule has 0 aliphatic carbocycles. The van der Waals surface area contributed by atoms with Gasteiger partial charge < -0.3 is 19.9 Å². The van der Waals surface area contributed by atoms with Crippen molar-refractivity contribution in [2.24, 2.45) is 0 Å². The molecule has 3 N–H and O–H groups in total. The number of hydrogen-bond acceptors (Lipinski definition) is 7. The van der Waals surface area contributed by atoms with E-state index in [2.05, 4.69) is 15.0 Å². The molecule has 138 valence electrons. The van der Waals surface area contributed by atoms with Gasteiger partial charge in [0.15, 0.2) is 11.2 Å². The zero-order valence-electron chi connectivity index (χ0n) is 14.9.